The molecule has 0 atom stereocenters. The summed E-state index contributed by atoms with van der Waals surface area (Å²) in [5.41, 5.74) is 1.90. The van der Waals surface area contributed by atoms with E-state index < -0.39 is 31.7 Å². The van der Waals surface area contributed by atoms with Crippen LogP contribution in [0, 0.1) is 0 Å². The van der Waals surface area contributed by atoms with Crippen molar-refractivity contribution in [3.8, 4) is 0 Å². The number of alkyl halides is 3. The number of carbonyl (C=O) groups is 1. The van der Waals surface area contributed by atoms with Crippen molar-refractivity contribution >= 4 is 55.9 Å². The summed E-state index contributed by atoms with van der Waals surface area (Å²) in [6, 6.07) is 19.7. The van der Waals surface area contributed by atoms with Crippen LogP contribution in [0.4, 0.5) is 24.7 Å². The van der Waals surface area contributed by atoms with E-state index >= 15 is 0 Å². The van der Waals surface area contributed by atoms with Crippen LogP contribution in [0.25, 0.3) is 17.0 Å². The number of benzene rings is 3. The molecule has 13 heteroatoms. The van der Waals surface area contributed by atoms with Crippen molar-refractivity contribution in [1.82, 2.24) is 14.2 Å². The molecule has 4 aromatic rings. The Morgan fingerprint density at radius 1 is 0.851 bits per heavy atom. The number of nitrogens with zero attached hydrogens (tertiary/aromatic N) is 5. The Morgan fingerprint density at radius 2 is 1.51 bits per heavy atom. The summed E-state index contributed by atoms with van der Waals surface area (Å²) in [5.74, 6) is 0.695. The molecule has 2 aliphatic rings. The summed E-state index contributed by atoms with van der Waals surface area (Å²) in [7, 11) is -2.05. The first-order valence-corrected chi connectivity index (χ1v) is 17.0. The average Bonchev–Trinajstić information content (AvgIpc) is 3.07. The molecule has 2 saturated heterocycles. The van der Waals surface area contributed by atoms with Gasteiger partial charge in [-0.25, -0.2) is 13.4 Å². The SMILES string of the molecule is CN1CCN(c2nc3ccccc3cc2/C=C/C(=O)c2ccc(N3CCN(S(=O)(=O)c4ccc(Cl)c(C(F)(F)F)c4)CC3)cc2)CC1. The van der Waals surface area contributed by atoms with Crippen molar-refractivity contribution in [1.29, 1.82) is 0 Å². The van der Waals surface area contributed by atoms with Gasteiger partial charge in [-0.2, -0.15) is 17.5 Å². The summed E-state index contributed by atoms with van der Waals surface area (Å²) >= 11 is 5.67. The number of carbonyl (C=O) groups excluding carboxylic acids is 1. The van der Waals surface area contributed by atoms with Crippen LogP contribution in [0.1, 0.15) is 21.5 Å². The number of fused-ring (bicyclic) bond motifs is 1. The average molecular weight is 684 g/mol. The van der Waals surface area contributed by atoms with E-state index in [4.69, 9.17) is 16.6 Å². The minimum absolute atomic E-state index is 0.0885. The van der Waals surface area contributed by atoms with Crippen molar-refractivity contribution in [2.45, 2.75) is 11.1 Å². The van der Waals surface area contributed by atoms with Gasteiger partial charge >= 0.3 is 6.18 Å². The van der Waals surface area contributed by atoms with Crippen LogP contribution in [0.3, 0.4) is 0 Å². The first-order valence-electron chi connectivity index (χ1n) is 15.2. The molecule has 0 bridgehead atoms. The molecular formula is C34H33ClF3N5O3S. The minimum Gasteiger partial charge on any atom is -0.369 e. The van der Waals surface area contributed by atoms with Gasteiger partial charge in [0.05, 0.1) is 21.0 Å². The van der Waals surface area contributed by atoms with E-state index in [1.54, 1.807) is 18.2 Å². The number of sulfonamides is 1. The number of anilines is 2. The molecule has 47 heavy (non-hydrogen) atoms. The molecular weight excluding hydrogens is 651 g/mol. The molecule has 0 spiro atoms. The Hall–Kier alpha value is -3.97. The molecule has 0 aliphatic carbocycles. The number of ketones is 1. The van der Waals surface area contributed by atoms with Crippen LogP contribution in [0.2, 0.25) is 5.02 Å². The van der Waals surface area contributed by atoms with E-state index in [1.165, 1.54) is 4.31 Å². The van der Waals surface area contributed by atoms with Gasteiger partial charge in [0, 0.05) is 74.6 Å². The summed E-state index contributed by atoms with van der Waals surface area (Å²) in [5, 5.41) is 0.439. The highest BCUT2D eigenvalue weighted by Gasteiger charge is 2.36. The second kappa shape index (κ2) is 13.3. The van der Waals surface area contributed by atoms with Crippen LogP contribution in [-0.4, -0.2) is 87.8 Å². The second-order valence-corrected chi connectivity index (χ2v) is 14.0. The van der Waals surface area contributed by atoms with Crippen molar-refractivity contribution in [3.63, 3.8) is 0 Å². The fourth-order valence-electron chi connectivity index (χ4n) is 5.83. The van der Waals surface area contributed by atoms with E-state index in [-0.39, 0.29) is 18.9 Å². The number of hydrogen-bond donors (Lipinski definition) is 0. The third-order valence-electron chi connectivity index (χ3n) is 8.59. The molecule has 0 N–H and O–H groups in total. The normalized spacial score (nSPS) is 17.1. The van der Waals surface area contributed by atoms with Crippen molar-refractivity contribution in [2.75, 3.05) is 69.2 Å². The van der Waals surface area contributed by atoms with Gasteiger partial charge in [0.25, 0.3) is 0 Å². The fraction of sp³-hybridized carbons (Fsp3) is 0.294. The van der Waals surface area contributed by atoms with Gasteiger partial charge in [0.2, 0.25) is 10.0 Å². The zero-order valence-corrected chi connectivity index (χ0v) is 27.2. The Morgan fingerprint density at radius 3 is 2.19 bits per heavy atom. The van der Waals surface area contributed by atoms with Gasteiger partial charge in [0.1, 0.15) is 5.82 Å². The maximum atomic E-state index is 13.3. The lowest BCUT2D eigenvalue weighted by molar-refractivity contribution is -0.137. The molecule has 0 saturated carbocycles. The lowest BCUT2D eigenvalue weighted by Crippen LogP contribution is -2.48. The molecule has 0 amide bonds. The van der Waals surface area contributed by atoms with E-state index in [9.17, 15) is 26.4 Å². The molecule has 246 valence electrons. The van der Waals surface area contributed by atoms with Crippen LogP contribution >= 0.6 is 11.6 Å². The largest absolute Gasteiger partial charge is 0.417 e. The summed E-state index contributed by atoms with van der Waals surface area (Å²) < 4.78 is 67.4. The number of likely N-dealkylation sites (N-methyl/N-ethyl adjacent to an activating group) is 1. The Balaban J connectivity index is 1.12. The highest BCUT2D eigenvalue weighted by atomic mass is 35.5. The smallest absolute Gasteiger partial charge is 0.369 e. The van der Waals surface area contributed by atoms with Gasteiger partial charge in [0.15, 0.2) is 5.78 Å². The molecule has 0 radical (unpaired) electrons. The van der Waals surface area contributed by atoms with Gasteiger partial charge in [-0.1, -0.05) is 29.8 Å². The summed E-state index contributed by atoms with van der Waals surface area (Å²) in [6.45, 7) is 4.39. The van der Waals surface area contributed by atoms with Crippen LogP contribution in [0.5, 0.6) is 0 Å². The Kier molecular flexibility index (Phi) is 9.30. The number of allylic oxidation sites excluding steroid dienone is 1. The summed E-state index contributed by atoms with van der Waals surface area (Å²) in [6.07, 6.45) is -1.39. The number of piperazine rings is 2. The number of halogens is 4. The van der Waals surface area contributed by atoms with Crippen LogP contribution in [0.15, 0.2) is 83.8 Å². The lowest BCUT2D eigenvalue weighted by Gasteiger charge is -2.35. The highest BCUT2D eigenvalue weighted by molar-refractivity contribution is 7.89. The van der Waals surface area contributed by atoms with Crippen molar-refractivity contribution in [3.05, 3.63) is 101 Å². The molecule has 2 aliphatic heterocycles. The monoisotopic (exact) mass is 683 g/mol. The highest BCUT2D eigenvalue weighted by Crippen LogP contribution is 2.36. The molecule has 2 fully saturated rings. The summed E-state index contributed by atoms with van der Waals surface area (Å²) in [4.78, 5) is 24.2. The van der Waals surface area contributed by atoms with E-state index in [1.807, 2.05) is 47.4 Å². The number of aromatic nitrogens is 1. The number of rotatable bonds is 7. The molecule has 3 heterocycles. The Labute approximate surface area is 276 Å². The zero-order chi connectivity index (χ0) is 33.3. The third-order valence-corrected chi connectivity index (χ3v) is 10.8. The number of hydrogen-bond acceptors (Lipinski definition) is 7. The van der Waals surface area contributed by atoms with Gasteiger partial charge in [-0.3, -0.25) is 4.79 Å². The Bertz CT molecular complexity index is 1920. The zero-order valence-electron chi connectivity index (χ0n) is 25.6. The van der Waals surface area contributed by atoms with Gasteiger partial charge in [-0.15, -0.1) is 0 Å². The van der Waals surface area contributed by atoms with E-state index in [0.717, 1.165) is 66.3 Å². The predicted octanol–water partition coefficient (Wildman–Crippen LogP) is 6.07. The molecule has 6 rings (SSSR count). The molecule has 0 unspecified atom stereocenters. The standard InChI is InChI=1S/C34H33ClF3N5O3S/c1-40-14-16-42(17-15-40)33-26(22-25-4-2-3-5-31(25)39-33)8-13-32(44)24-6-9-27(10-7-24)41-18-20-43(21-19-41)47(45,46)28-11-12-30(35)29(23-28)34(36,37)38/h2-13,22-23H,14-21H2,1H3/b13-8+. The molecule has 8 nitrogen and oxygen atoms in total. The fourth-order valence-corrected chi connectivity index (χ4v) is 7.51. The first kappa shape index (κ1) is 33.0. The van der Waals surface area contributed by atoms with E-state index in [2.05, 4.69) is 22.9 Å². The van der Waals surface area contributed by atoms with Crippen molar-refractivity contribution in [2.24, 2.45) is 0 Å². The minimum atomic E-state index is -4.77. The number of para-hydroxylation sites is 1. The van der Waals surface area contributed by atoms with Gasteiger partial charge < -0.3 is 14.7 Å². The third kappa shape index (κ3) is 7.15. The molecule has 1 aromatic heterocycles. The maximum absolute atomic E-state index is 13.3. The first-order chi connectivity index (χ1) is 22.4. The topological polar surface area (TPSA) is 77.1 Å². The van der Waals surface area contributed by atoms with Crippen molar-refractivity contribution < 1.29 is 26.4 Å². The lowest BCUT2D eigenvalue weighted by atomic mass is 10.1. The van der Waals surface area contributed by atoms with Crippen LogP contribution < -0.4 is 9.80 Å². The predicted molar refractivity (Wildman–Crippen MR) is 179 cm³/mol. The number of pyridine rings is 1. The van der Waals surface area contributed by atoms with Gasteiger partial charge in [-0.05, 0) is 73.8 Å². The van der Waals surface area contributed by atoms with Crippen LogP contribution in [-0.2, 0) is 16.2 Å². The quantitative estimate of drug-likeness (QED) is 0.173. The molecule has 3 aromatic carbocycles. The second-order valence-electron chi connectivity index (χ2n) is 11.7. The van der Waals surface area contributed by atoms with E-state index in [0.29, 0.717) is 24.7 Å². The maximum Gasteiger partial charge on any atom is 0.417 e.